The quantitative estimate of drug-likeness (QED) is 0.437. The van der Waals surface area contributed by atoms with Gasteiger partial charge in [-0.15, -0.1) is 0 Å². The summed E-state index contributed by atoms with van der Waals surface area (Å²) in [5.41, 5.74) is 0.616. The Kier molecular flexibility index (Phi) is 6.38. The number of aromatic nitrogens is 1. The molecule has 2 heterocycles. The van der Waals surface area contributed by atoms with Gasteiger partial charge in [0, 0.05) is 18.2 Å². The summed E-state index contributed by atoms with van der Waals surface area (Å²) in [7, 11) is -2.44. The predicted molar refractivity (Wildman–Crippen MR) is 96.1 cm³/mol. The molecule has 3 rings (SSSR count). The maximum Gasteiger partial charge on any atom is 0.395 e. The maximum absolute atomic E-state index is 12.2. The van der Waals surface area contributed by atoms with E-state index in [4.69, 9.17) is 25.6 Å². The van der Waals surface area contributed by atoms with Crippen molar-refractivity contribution in [1.82, 2.24) is 4.98 Å². The highest BCUT2D eigenvalue weighted by Crippen LogP contribution is 2.31. The molecule has 0 bridgehead atoms. The third-order valence-corrected chi connectivity index (χ3v) is 4.99. The van der Waals surface area contributed by atoms with Crippen molar-refractivity contribution in [3.8, 4) is 5.75 Å². The molecule has 0 amide bonds. The smallest absolute Gasteiger partial charge is 0.395 e. The number of hydrogen-bond acceptors (Lipinski definition) is 7. The van der Waals surface area contributed by atoms with Gasteiger partial charge in [-0.25, -0.2) is 9.78 Å². The molecule has 0 saturated carbocycles. The molecule has 1 fully saturated rings. The Morgan fingerprint density at radius 1 is 1.38 bits per heavy atom. The van der Waals surface area contributed by atoms with Crippen LogP contribution < -0.4 is 9.42 Å². The number of carbonyl (C=O) groups excluding carboxylic acids is 1. The predicted octanol–water partition coefficient (Wildman–Crippen LogP) is 3.23. The van der Waals surface area contributed by atoms with Crippen LogP contribution >= 0.6 is 19.8 Å². The molecule has 26 heavy (non-hydrogen) atoms. The Hall–Kier alpha value is -1.79. The van der Waals surface area contributed by atoms with Gasteiger partial charge in [0.25, 0.3) is 0 Å². The lowest BCUT2D eigenvalue weighted by atomic mass is 10.1. The Bertz CT molecular complexity index is 826. The molecule has 1 aromatic heterocycles. The number of carbonyl (C=O) groups is 1. The topological polar surface area (TPSA) is 93.1 Å². The van der Waals surface area contributed by atoms with Gasteiger partial charge in [-0.1, -0.05) is 22.4 Å². The molecule has 9 heteroatoms. The lowest BCUT2D eigenvalue weighted by Crippen LogP contribution is -2.29. The third kappa shape index (κ3) is 4.89. The third-order valence-electron chi connectivity index (χ3n) is 3.89. The minimum atomic E-state index is -2.44. The second-order valence-electron chi connectivity index (χ2n) is 5.83. The molecular weight excluding hydrogens is 379 g/mol. The van der Waals surface area contributed by atoms with Crippen molar-refractivity contribution in [2.45, 2.75) is 31.9 Å². The lowest BCUT2D eigenvalue weighted by molar-refractivity contribution is -0.170. The van der Waals surface area contributed by atoms with E-state index < -0.39 is 20.2 Å². The second-order valence-corrected chi connectivity index (χ2v) is 7.10. The molecule has 1 aliphatic rings. The van der Waals surface area contributed by atoms with E-state index in [-0.39, 0.29) is 6.10 Å². The Morgan fingerprint density at radius 3 is 2.92 bits per heavy atom. The lowest BCUT2D eigenvalue weighted by Gasteiger charge is -2.22. The first-order valence-electron chi connectivity index (χ1n) is 8.22. The van der Waals surface area contributed by atoms with Gasteiger partial charge in [-0.05, 0) is 31.2 Å². The van der Waals surface area contributed by atoms with Gasteiger partial charge < -0.3 is 14.4 Å². The molecule has 2 aromatic rings. The van der Waals surface area contributed by atoms with E-state index in [1.807, 2.05) is 0 Å². The van der Waals surface area contributed by atoms with Crippen LogP contribution in [0.2, 0.25) is 5.15 Å². The van der Waals surface area contributed by atoms with Crippen molar-refractivity contribution >= 4 is 36.6 Å². The van der Waals surface area contributed by atoms with Crippen LogP contribution in [-0.2, 0) is 14.3 Å². The fourth-order valence-corrected chi connectivity index (χ4v) is 3.44. The first kappa shape index (κ1) is 19.0. The van der Waals surface area contributed by atoms with Crippen LogP contribution in [0, 0.1) is 0 Å². The summed E-state index contributed by atoms with van der Waals surface area (Å²) >= 11 is 5.87. The van der Waals surface area contributed by atoms with Crippen LogP contribution in [0.1, 0.15) is 19.8 Å². The number of hydrogen-bond donors (Lipinski definition) is 0. The van der Waals surface area contributed by atoms with Gasteiger partial charge in [0.05, 0.1) is 18.7 Å². The first-order chi connectivity index (χ1) is 12.5. The van der Waals surface area contributed by atoms with E-state index in [0.717, 1.165) is 0 Å². The molecule has 1 aliphatic heterocycles. The molecule has 0 aliphatic carbocycles. The summed E-state index contributed by atoms with van der Waals surface area (Å²) in [6.45, 7) is 2.67. The fourth-order valence-electron chi connectivity index (χ4n) is 2.53. The number of fused-ring (bicyclic) bond motifs is 1. The van der Waals surface area contributed by atoms with Crippen molar-refractivity contribution in [2.75, 3.05) is 13.2 Å². The van der Waals surface area contributed by atoms with Crippen molar-refractivity contribution in [2.24, 2.45) is 4.74 Å². The number of nitrogens with zero attached hydrogens (tertiary/aromatic N) is 2. The van der Waals surface area contributed by atoms with E-state index in [1.54, 1.807) is 30.3 Å². The van der Waals surface area contributed by atoms with Gasteiger partial charge >= 0.3 is 14.1 Å². The second kappa shape index (κ2) is 8.73. The number of ether oxygens (including phenoxy) is 2. The maximum atomic E-state index is 12.2. The van der Waals surface area contributed by atoms with Gasteiger partial charge in [0.15, 0.2) is 11.8 Å². The fraction of sp³-hybridized carbons (Fsp3) is 0.412. The zero-order valence-electron chi connectivity index (χ0n) is 14.1. The molecule has 1 unspecified atom stereocenters. The zero-order valence-corrected chi connectivity index (χ0v) is 15.8. The van der Waals surface area contributed by atoms with Crippen molar-refractivity contribution < 1.29 is 23.7 Å². The molecule has 138 valence electrons. The van der Waals surface area contributed by atoms with E-state index in [1.165, 1.54) is 6.92 Å². The van der Waals surface area contributed by atoms with E-state index >= 15 is 0 Å². The molecular formula is C17H18ClN2O5P. The van der Waals surface area contributed by atoms with Gasteiger partial charge in [0.2, 0.25) is 0 Å². The van der Waals surface area contributed by atoms with Crippen LogP contribution in [0.15, 0.2) is 35.1 Å². The summed E-state index contributed by atoms with van der Waals surface area (Å²) in [4.78, 5) is 28.5. The molecule has 1 aromatic carbocycles. The summed E-state index contributed by atoms with van der Waals surface area (Å²) in [5.74, 6) is -0.156. The number of esters is 1. The normalized spacial score (nSPS) is 17.1. The summed E-state index contributed by atoms with van der Waals surface area (Å²) in [6.07, 6.45) is 1.14. The number of rotatable bonds is 5. The SMILES string of the molecule is C[C@H](/N=[P+](\[O-])Oc1cccc2nc(Cl)ccc12)C(=O)OC1CCOCC1. The first-order valence-corrected chi connectivity index (χ1v) is 9.73. The number of benzene rings is 1. The summed E-state index contributed by atoms with van der Waals surface area (Å²) < 4.78 is 19.9. The van der Waals surface area contributed by atoms with Crippen LogP contribution in [0.4, 0.5) is 0 Å². The van der Waals surface area contributed by atoms with Crippen molar-refractivity contribution in [3.63, 3.8) is 0 Å². The molecule has 7 nitrogen and oxygen atoms in total. The van der Waals surface area contributed by atoms with Gasteiger partial charge in [-0.3, -0.25) is 4.52 Å². The molecule has 1 saturated heterocycles. The van der Waals surface area contributed by atoms with E-state index in [2.05, 4.69) is 9.73 Å². The highest BCUT2D eigenvalue weighted by Gasteiger charge is 2.24. The standard InChI is InChI=1S/C17H18ClN2O5P/c1-11(17(21)24-12-7-9-23-10-8-12)20-26(22)25-15-4-2-3-14-13(15)5-6-16(18)19-14/h2-6,11-12H,7-10H2,1H3/t11-/m0/s1. The Labute approximate surface area is 156 Å². The Balaban J connectivity index is 1.66. The Morgan fingerprint density at radius 2 is 2.15 bits per heavy atom. The van der Waals surface area contributed by atoms with E-state index in [9.17, 15) is 9.69 Å². The minimum Gasteiger partial charge on any atom is -0.575 e. The van der Waals surface area contributed by atoms with Crippen LogP contribution in [0.25, 0.3) is 10.9 Å². The summed E-state index contributed by atoms with van der Waals surface area (Å²) in [6, 6.07) is 7.61. The minimum absolute atomic E-state index is 0.179. The largest absolute Gasteiger partial charge is 0.575 e. The molecule has 0 radical (unpaired) electrons. The molecule has 2 atom stereocenters. The average Bonchev–Trinajstić information content (AvgIpc) is 2.62. The average molecular weight is 397 g/mol. The van der Waals surface area contributed by atoms with Crippen LogP contribution in [-0.4, -0.2) is 36.3 Å². The highest BCUT2D eigenvalue weighted by molar-refractivity contribution is 7.34. The zero-order chi connectivity index (χ0) is 18.5. The van der Waals surface area contributed by atoms with Gasteiger partial charge in [0.1, 0.15) is 11.3 Å². The van der Waals surface area contributed by atoms with E-state index in [0.29, 0.717) is 47.9 Å². The van der Waals surface area contributed by atoms with Crippen molar-refractivity contribution in [1.29, 1.82) is 0 Å². The molecule has 0 N–H and O–H groups in total. The van der Waals surface area contributed by atoms with Crippen LogP contribution in [0.5, 0.6) is 5.75 Å². The summed E-state index contributed by atoms with van der Waals surface area (Å²) in [5, 5.41) is 1.01. The monoisotopic (exact) mass is 396 g/mol. The van der Waals surface area contributed by atoms with Crippen LogP contribution in [0.3, 0.4) is 0 Å². The van der Waals surface area contributed by atoms with Gasteiger partial charge in [-0.2, -0.15) is 0 Å². The highest BCUT2D eigenvalue weighted by atomic mass is 35.5. The van der Waals surface area contributed by atoms with Crippen molar-refractivity contribution in [3.05, 3.63) is 35.5 Å². The molecule has 0 spiro atoms. The number of pyridine rings is 1. The number of halogens is 1.